The van der Waals surface area contributed by atoms with Gasteiger partial charge in [0.2, 0.25) is 0 Å². The van der Waals surface area contributed by atoms with E-state index in [0.717, 1.165) is 17.1 Å². The molecule has 0 fully saturated rings. The van der Waals surface area contributed by atoms with Gasteiger partial charge in [0, 0.05) is 22.4 Å². The average molecular weight is 904 g/mol. The second-order valence-electron chi connectivity index (χ2n) is 19.9. The third-order valence-corrected chi connectivity index (χ3v) is 15.9. The van der Waals surface area contributed by atoms with Crippen molar-refractivity contribution in [3.05, 3.63) is 294 Å². The summed E-state index contributed by atoms with van der Waals surface area (Å²) in [6, 6.07) is 97.4. The average Bonchev–Trinajstić information content (AvgIpc) is 4.01. The molecule has 3 aliphatic carbocycles. The van der Waals surface area contributed by atoms with Gasteiger partial charge in [-0.1, -0.05) is 232 Å². The molecule has 11 aromatic rings. The summed E-state index contributed by atoms with van der Waals surface area (Å²) in [7, 11) is 0. The van der Waals surface area contributed by atoms with Gasteiger partial charge in [0.25, 0.3) is 0 Å². The highest BCUT2D eigenvalue weighted by Crippen LogP contribution is 2.65. The first kappa shape index (κ1) is 41.2. The third kappa shape index (κ3) is 6.13. The molecular weight excluding hydrogens is 855 g/mol. The van der Waals surface area contributed by atoms with Crippen molar-refractivity contribution in [2.45, 2.75) is 24.7 Å². The smallest absolute Gasteiger partial charge is 0.0726 e. The van der Waals surface area contributed by atoms with E-state index in [1.807, 2.05) is 0 Å². The highest BCUT2D eigenvalue weighted by atomic mass is 15.1. The van der Waals surface area contributed by atoms with Crippen molar-refractivity contribution in [2.75, 3.05) is 4.90 Å². The maximum Gasteiger partial charge on any atom is 0.0726 e. The number of hydrogen-bond donors (Lipinski definition) is 0. The van der Waals surface area contributed by atoms with Gasteiger partial charge in [-0.2, -0.15) is 0 Å². The quantitative estimate of drug-likeness (QED) is 0.154. The van der Waals surface area contributed by atoms with Crippen molar-refractivity contribution in [3.63, 3.8) is 0 Å². The lowest BCUT2D eigenvalue weighted by molar-refractivity contribution is 0.660. The molecule has 1 spiro atoms. The molecule has 334 valence electrons. The fraction of sp³-hybridized carbons (Fsp3) is 0.0571. The van der Waals surface area contributed by atoms with E-state index in [1.54, 1.807) is 0 Å². The van der Waals surface area contributed by atoms with E-state index in [4.69, 9.17) is 0 Å². The van der Waals surface area contributed by atoms with Gasteiger partial charge >= 0.3 is 0 Å². The Labute approximate surface area is 416 Å². The van der Waals surface area contributed by atoms with Crippen molar-refractivity contribution in [3.8, 4) is 77.9 Å². The van der Waals surface area contributed by atoms with Gasteiger partial charge in [-0.3, -0.25) is 0 Å². The number of para-hydroxylation sites is 1. The molecule has 0 N–H and O–H groups in total. The van der Waals surface area contributed by atoms with Crippen LogP contribution in [0.4, 0.5) is 17.1 Å². The van der Waals surface area contributed by atoms with Gasteiger partial charge < -0.3 is 4.90 Å². The molecule has 11 aromatic carbocycles. The molecular formula is C70H49N. The third-order valence-electron chi connectivity index (χ3n) is 15.9. The first-order valence-electron chi connectivity index (χ1n) is 24.9. The van der Waals surface area contributed by atoms with Gasteiger partial charge in [0.15, 0.2) is 0 Å². The van der Waals surface area contributed by atoms with Crippen LogP contribution < -0.4 is 4.90 Å². The Morgan fingerprint density at radius 3 is 1.31 bits per heavy atom. The number of fused-ring (bicyclic) bond motifs is 13. The zero-order valence-corrected chi connectivity index (χ0v) is 39.8. The van der Waals surface area contributed by atoms with Crippen LogP contribution >= 0.6 is 0 Å². The zero-order chi connectivity index (χ0) is 47.3. The Bertz CT molecular complexity index is 3790. The minimum absolute atomic E-state index is 0.156. The van der Waals surface area contributed by atoms with Crippen molar-refractivity contribution in [1.29, 1.82) is 0 Å². The molecule has 0 aliphatic heterocycles. The minimum Gasteiger partial charge on any atom is -0.310 e. The summed E-state index contributed by atoms with van der Waals surface area (Å²) in [6.45, 7) is 4.75. The summed E-state index contributed by atoms with van der Waals surface area (Å²) in [5.41, 5.74) is 28.1. The lowest BCUT2D eigenvalue weighted by atomic mass is 9.69. The predicted molar refractivity (Wildman–Crippen MR) is 297 cm³/mol. The monoisotopic (exact) mass is 903 g/mol. The Hall–Kier alpha value is -8.78. The first-order chi connectivity index (χ1) is 35.0. The summed E-state index contributed by atoms with van der Waals surface area (Å²) in [5, 5.41) is 0. The number of nitrogens with zero attached hydrogens (tertiary/aromatic N) is 1. The van der Waals surface area contributed by atoms with Crippen molar-refractivity contribution >= 4 is 17.1 Å². The summed E-state index contributed by atoms with van der Waals surface area (Å²) in [5.74, 6) is 0. The normalized spacial score (nSPS) is 13.7. The van der Waals surface area contributed by atoms with E-state index in [-0.39, 0.29) is 5.41 Å². The molecule has 3 aliphatic rings. The van der Waals surface area contributed by atoms with Gasteiger partial charge in [0.05, 0.1) is 11.1 Å². The topological polar surface area (TPSA) is 3.24 Å². The minimum atomic E-state index is -0.565. The molecule has 0 unspecified atom stereocenters. The van der Waals surface area contributed by atoms with E-state index >= 15 is 0 Å². The highest BCUT2D eigenvalue weighted by molar-refractivity contribution is 6.03. The molecule has 14 rings (SSSR count). The van der Waals surface area contributed by atoms with Gasteiger partial charge in [-0.15, -0.1) is 0 Å². The maximum absolute atomic E-state index is 2.50. The van der Waals surface area contributed by atoms with E-state index in [0.29, 0.717) is 0 Å². The molecule has 0 aromatic heterocycles. The van der Waals surface area contributed by atoms with E-state index < -0.39 is 5.41 Å². The van der Waals surface area contributed by atoms with E-state index in [9.17, 15) is 0 Å². The van der Waals surface area contributed by atoms with Crippen LogP contribution in [0.2, 0.25) is 0 Å². The number of rotatable bonds is 7. The summed E-state index contributed by atoms with van der Waals surface area (Å²) >= 11 is 0. The Morgan fingerprint density at radius 2 is 0.676 bits per heavy atom. The molecule has 0 atom stereocenters. The van der Waals surface area contributed by atoms with E-state index in [1.165, 1.54) is 111 Å². The zero-order valence-electron chi connectivity index (χ0n) is 39.8. The Morgan fingerprint density at radius 1 is 0.254 bits per heavy atom. The number of hydrogen-bond acceptors (Lipinski definition) is 1. The maximum atomic E-state index is 2.50. The van der Waals surface area contributed by atoms with Crippen molar-refractivity contribution in [2.24, 2.45) is 0 Å². The molecule has 1 heteroatoms. The number of anilines is 3. The Kier molecular flexibility index (Phi) is 9.22. The highest BCUT2D eigenvalue weighted by Gasteiger charge is 2.52. The van der Waals surface area contributed by atoms with Crippen LogP contribution in [-0.4, -0.2) is 0 Å². The van der Waals surface area contributed by atoms with Gasteiger partial charge in [-0.25, -0.2) is 0 Å². The second-order valence-corrected chi connectivity index (χ2v) is 19.9. The summed E-state index contributed by atoms with van der Waals surface area (Å²) < 4.78 is 0. The van der Waals surface area contributed by atoms with E-state index in [2.05, 4.69) is 280 Å². The summed E-state index contributed by atoms with van der Waals surface area (Å²) in [4.78, 5) is 2.50. The van der Waals surface area contributed by atoms with Gasteiger partial charge in [0.1, 0.15) is 0 Å². The molecule has 0 radical (unpaired) electrons. The molecule has 0 saturated heterocycles. The number of benzene rings is 11. The molecule has 0 heterocycles. The lowest BCUT2D eigenvalue weighted by Crippen LogP contribution is -2.26. The standard InChI is InChI=1S/C70H49N/c1-69(2)61-29-15-12-25-54(61)55-42-39-53(45-64(55)69)71(52-37-33-49(34-38-52)46-19-6-3-7-20-46)67-32-17-14-26-58(67)59-28-18-31-63-68(59)60-27-13-16-30-62(60)70(63)65-43-50(47-21-8-4-9-22-47)35-40-56(65)57-41-36-51(44-66(57)70)48-23-10-5-11-24-48/h3-45H,1-2H3. The van der Waals surface area contributed by atoms with Crippen LogP contribution in [0.3, 0.4) is 0 Å². The van der Waals surface area contributed by atoms with Crippen LogP contribution in [0.1, 0.15) is 47.2 Å². The fourth-order valence-electron chi connectivity index (χ4n) is 12.7. The Balaban J connectivity index is 1.01. The first-order valence-corrected chi connectivity index (χ1v) is 24.9. The predicted octanol–water partition coefficient (Wildman–Crippen LogP) is 18.5. The van der Waals surface area contributed by atoms with Crippen LogP contribution in [0.15, 0.2) is 261 Å². The van der Waals surface area contributed by atoms with Crippen LogP contribution in [-0.2, 0) is 10.8 Å². The van der Waals surface area contributed by atoms with Crippen LogP contribution in [0, 0.1) is 0 Å². The van der Waals surface area contributed by atoms with Crippen LogP contribution in [0.25, 0.3) is 77.9 Å². The fourth-order valence-corrected chi connectivity index (χ4v) is 12.7. The molecule has 1 nitrogen and oxygen atoms in total. The molecule has 0 saturated carbocycles. The molecule has 71 heavy (non-hydrogen) atoms. The van der Waals surface area contributed by atoms with Crippen LogP contribution in [0.5, 0.6) is 0 Å². The largest absolute Gasteiger partial charge is 0.310 e. The molecule has 0 bridgehead atoms. The second kappa shape index (κ2) is 15.9. The van der Waals surface area contributed by atoms with Gasteiger partial charge in [-0.05, 0) is 148 Å². The SMILES string of the molecule is CC1(C)c2ccccc2-c2ccc(N(c3ccc(-c4ccccc4)cc3)c3ccccc3-c3cccc4c3-c3ccccc3C43c4cc(-c5ccccc5)ccc4-c4ccc(-c5ccccc5)cc43)cc21. The lowest BCUT2D eigenvalue weighted by Gasteiger charge is -2.32. The van der Waals surface area contributed by atoms with Crippen molar-refractivity contribution in [1.82, 2.24) is 0 Å². The summed E-state index contributed by atoms with van der Waals surface area (Å²) in [6.07, 6.45) is 0. The molecule has 0 amide bonds. The van der Waals surface area contributed by atoms with Crippen molar-refractivity contribution < 1.29 is 0 Å².